The molecule has 0 spiro atoms. The fraction of sp³-hybridized carbons (Fsp3) is 0.353. The zero-order valence-electron chi connectivity index (χ0n) is 14.4. The number of halogens is 1. The molecule has 2 amide bonds. The number of nitrogens with zero attached hydrogens (tertiary/aromatic N) is 1. The number of carbonyl (C=O) groups is 3. The van der Waals surface area contributed by atoms with Crippen LogP contribution < -0.4 is 11.1 Å². The van der Waals surface area contributed by atoms with E-state index in [0.717, 1.165) is 0 Å². The summed E-state index contributed by atoms with van der Waals surface area (Å²) in [5.74, 6) is -1.71. The summed E-state index contributed by atoms with van der Waals surface area (Å²) < 4.78 is 5.19. The minimum absolute atomic E-state index is 0. The molecule has 3 rings (SSSR count). The predicted molar refractivity (Wildman–Crippen MR) is 101 cm³/mol. The maximum atomic E-state index is 12.2. The van der Waals surface area contributed by atoms with E-state index in [2.05, 4.69) is 10.3 Å². The molecule has 9 nitrogen and oxygen atoms in total. The number of carbonyl (C=O) groups excluding carboxylic acids is 2. The number of ether oxygens (including phenoxy) is 1. The molecular formula is C17H21ClN4O5. The van der Waals surface area contributed by atoms with E-state index in [1.165, 1.54) is 6.07 Å². The average molecular weight is 397 g/mol. The average Bonchev–Trinajstić information content (AvgIpc) is 3.06. The third-order valence-electron chi connectivity index (χ3n) is 4.21. The van der Waals surface area contributed by atoms with Crippen molar-refractivity contribution >= 4 is 46.8 Å². The van der Waals surface area contributed by atoms with Gasteiger partial charge in [0.2, 0.25) is 11.8 Å². The molecule has 0 saturated carbocycles. The topological polar surface area (TPSA) is 138 Å². The van der Waals surface area contributed by atoms with E-state index < -0.39 is 17.9 Å². The van der Waals surface area contributed by atoms with Gasteiger partial charge in [0.05, 0.1) is 25.7 Å². The first-order valence-electron chi connectivity index (χ1n) is 8.22. The van der Waals surface area contributed by atoms with Crippen LogP contribution in [-0.2, 0) is 14.3 Å². The van der Waals surface area contributed by atoms with Crippen LogP contribution in [0.25, 0.3) is 10.9 Å². The van der Waals surface area contributed by atoms with Crippen molar-refractivity contribution in [3.8, 4) is 0 Å². The van der Waals surface area contributed by atoms with Gasteiger partial charge in [0.1, 0.15) is 5.69 Å². The number of carboxylic acid groups (broad SMARTS) is 1. The SMILES string of the molecule is Cl.NC(CC(=O)N1CCOCC1)C(=O)Nc1ccc2[nH]c(C(=O)O)cc2c1. The Labute approximate surface area is 161 Å². The van der Waals surface area contributed by atoms with Crippen molar-refractivity contribution in [3.05, 3.63) is 30.0 Å². The van der Waals surface area contributed by atoms with Gasteiger partial charge in [-0.05, 0) is 24.3 Å². The van der Waals surface area contributed by atoms with Crippen LogP contribution in [0.1, 0.15) is 16.9 Å². The lowest BCUT2D eigenvalue weighted by molar-refractivity contribution is -0.137. The molecule has 1 atom stereocenters. The molecule has 5 N–H and O–H groups in total. The fourth-order valence-electron chi connectivity index (χ4n) is 2.78. The fourth-order valence-corrected chi connectivity index (χ4v) is 2.78. The Hall–Kier alpha value is -2.62. The number of hydrogen-bond acceptors (Lipinski definition) is 5. The van der Waals surface area contributed by atoms with E-state index >= 15 is 0 Å². The molecule has 0 radical (unpaired) electrons. The number of nitrogens with one attached hydrogen (secondary N) is 2. The molecule has 1 aliphatic heterocycles. The summed E-state index contributed by atoms with van der Waals surface area (Å²) in [7, 11) is 0. The number of benzene rings is 1. The Morgan fingerprint density at radius 2 is 1.96 bits per heavy atom. The van der Waals surface area contributed by atoms with Gasteiger partial charge < -0.3 is 30.8 Å². The summed E-state index contributed by atoms with van der Waals surface area (Å²) in [6.45, 7) is 1.98. The quantitative estimate of drug-likeness (QED) is 0.589. The van der Waals surface area contributed by atoms with Crippen LogP contribution in [0.2, 0.25) is 0 Å². The number of fused-ring (bicyclic) bond motifs is 1. The lowest BCUT2D eigenvalue weighted by Crippen LogP contribution is -2.45. The number of aromatic carboxylic acids is 1. The summed E-state index contributed by atoms with van der Waals surface area (Å²) in [6, 6.07) is 5.46. The van der Waals surface area contributed by atoms with Crippen LogP contribution in [0.5, 0.6) is 0 Å². The number of hydrogen-bond donors (Lipinski definition) is 4. The lowest BCUT2D eigenvalue weighted by Gasteiger charge is -2.27. The van der Waals surface area contributed by atoms with Gasteiger partial charge in [0, 0.05) is 29.7 Å². The number of carboxylic acids is 1. The Balaban J connectivity index is 0.00000261. The molecule has 1 aromatic heterocycles. The second-order valence-corrected chi connectivity index (χ2v) is 6.08. The number of aromatic amines is 1. The predicted octanol–water partition coefficient (Wildman–Crippen LogP) is 0.803. The number of anilines is 1. The summed E-state index contributed by atoms with van der Waals surface area (Å²) >= 11 is 0. The second kappa shape index (κ2) is 8.85. The van der Waals surface area contributed by atoms with Gasteiger partial charge in [0.25, 0.3) is 0 Å². The van der Waals surface area contributed by atoms with E-state index in [4.69, 9.17) is 15.6 Å². The molecule has 146 valence electrons. The van der Waals surface area contributed by atoms with Crippen molar-refractivity contribution in [1.29, 1.82) is 0 Å². The largest absolute Gasteiger partial charge is 0.477 e. The van der Waals surface area contributed by atoms with Crippen LogP contribution >= 0.6 is 12.4 Å². The summed E-state index contributed by atoms with van der Waals surface area (Å²) in [4.78, 5) is 39.8. The molecule has 2 aromatic rings. The highest BCUT2D eigenvalue weighted by Gasteiger charge is 2.23. The van der Waals surface area contributed by atoms with Gasteiger partial charge in [-0.2, -0.15) is 0 Å². The van der Waals surface area contributed by atoms with Crippen LogP contribution in [0.15, 0.2) is 24.3 Å². The first-order valence-corrected chi connectivity index (χ1v) is 8.22. The summed E-state index contributed by atoms with van der Waals surface area (Å²) in [6.07, 6.45) is -0.0819. The van der Waals surface area contributed by atoms with Crippen molar-refractivity contribution < 1.29 is 24.2 Å². The van der Waals surface area contributed by atoms with E-state index in [1.807, 2.05) is 0 Å². The van der Waals surface area contributed by atoms with E-state index in [-0.39, 0.29) is 30.4 Å². The summed E-state index contributed by atoms with van der Waals surface area (Å²) in [5, 5.41) is 12.3. The molecular weight excluding hydrogens is 376 g/mol. The van der Waals surface area contributed by atoms with Gasteiger partial charge >= 0.3 is 5.97 Å². The lowest BCUT2D eigenvalue weighted by atomic mass is 10.1. The first kappa shape index (κ1) is 20.7. The van der Waals surface area contributed by atoms with Crippen LogP contribution in [-0.4, -0.2) is 65.1 Å². The number of aromatic nitrogens is 1. The van der Waals surface area contributed by atoms with Crippen molar-refractivity contribution in [2.45, 2.75) is 12.5 Å². The molecule has 0 aliphatic carbocycles. The van der Waals surface area contributed by atoms with Gasteiger partial charge in [-0.1, -0.05) is 0 Å². The van der Waals surface area contributed by atoms with Gasteiger partial charge in [-0.3, -0.25) is 9.59 Å². The highest BCUT2D eigenvalue weighted by atomic mass is 35.5. The molecule has 1 unspecified atom stereocenters. The van der Waals surface area contributed by atoms with E-state index in [1.54, 1.807) is 23.1 Å². The van der Waals surface area contributed by atoms with E-state index in [9.17, 15) is 14.4 Å². The van der Waals surface area contributed by atoms with Crippen molar-refractivity contribution in [2.24, 2.45) is 5.73 Å². The molecule has 2 heterocycles. The second-order valence-electron chi connectivity index (χ2n) is 6.08. The third kappa shape index (κ3) is 4.97. The zero-order valence-corrected chi connectivity index (χ0v) is 15.3. The van der Waals surface area contributed by atoms with Crippen molar-refractivity contribution in [2.75, 3.05) is 31.6 Å². The zero-order chi connectivity index (χ0) is 18.7. The Bertz CT molecular complexity index is 847. The Morgan fingerprint density at radius 1 is 1.26 bits per heavy atom. The molecule has 1 fully saturated rings. The maximum Gasteiger partial charge on any atom is 0.352 e. The van der Waals surface area contributed by atoms with Crippen molar-refractivity contribution in [3.63, 3.8) is 0 Å². The molecule has 1 aromatic carbocycles. The van der Waals surface area contributed by atoms with Crippen LogP contribution in [0, 0.1) is 0 Å². The number of H-pyrrole nitrogens is 1. The van der Waals surface area contributed by atoms with Gasteiger partial charge in [0.15, 0.2) is 0 Å². The molecule has 10 heteroatoms. The number of morpholine rings is 1. The van der Waals surface area contributed by atoms with Gasteiger partial charge in [-0.15, -0.1) is 12.4 Å². The third-order valence-corrected chi connectivity index (χ3v) is 4.21. The number of rotatable bonds is 5. The van der Waals surface area contributed by atoms with E-state index in [0.29, 0.717) is 42.9 Å². The molecule has 0 bridgehead atoms. The number of amides is 2. The molecule has 1 saturated heterocycles. The Morgan fingerprint density at radius 3 is 2.63 bits per heavy atom. The van der Waals surface area contributed by atoms with Crippen molar-refractivity contribution in [1.82, 2.24) is 9.88 Å². The highest BCUT2D eigenvalue weighted by molar-refractivity contribution is 6.00. The smallest absolute Gasteiger partial charge is 0.352 e. The van der Waals surface area contributed by atoms with Crippen LogP contribution in [0.4, 0.5) is 5.69 Å². The molecule has 1 aliphatic rings. The van der Waals surface area contributed by atoms with Gasteiger partial charge in [-0.25, -0.2) is 4.79 Å². The summed E-state index contributed by atoms with van der Waals surface area (Å²) in [5.41, 5.74) is 7.05. The highest BCUT2D eigenvalue weighted by Crippen LogP contribution is 2.20. The normalized spacial score (nSPS) is 15.1. The minimum atomic E-state index is -1.06. The Kier molecular flexibility index (Phi) is 6.78. The standard InChI is InChI=1S/C17H20N4O5.ClH/c18-12(9-15(22)21-3-5-26-6-4-21)16(23)19-11-1-2-13-10(7-11)8-14(20-13)17(24)25;/h1-2,7-8,12,20H,3-6,9,18H2,(H,19,23)(H,24,25);1H. The minimum Gasteiger partial charge on any atom is -0.477 e. The number of nitrogens with two attached hydrogens (primary N) is 1. The monoisotopic (exact) mass is 396 g/mol. The first-order chi connectivity index (χ1) is 12.4. The maximum absolute atomic E-state index is 12.2. The van der Waals surface area contributed by atoms with Crippen LogP contribution in [0.3, 0.4) is 0 Å². The molecule has 27 heavy (non-hydrogen) atoms.